The maximum absolute atomic E-state index is 12.0. The van der Waals surface area contributed by atoms with E-state index in [1.165, 1.54) is 0 Å². The number of ether oxygens (including phenoxy) is 1. The van der Waals surface area contributed by atoms with Crippen molar-refractivity contribution in [1.29, 1.82) is 0 Å². The molecule has 1 atom stereocenters. The Morgan fingerprint density at radius 1 is 1.45 bits per heavy atom. The van der Waals surface area contributed by atoms with E-state index in [4.69, 9.17) is 16.3 Å². The molecule has 0 saturated carbocycles. The van der Waals surface area contributed by atoms with Crippen LogP contribution < -0.4 is 10.1 Å². The second-order valence-corrected chi connectivity index (χ2v) is 5.86. The number of carbonyl (C=O) groups is 1. The van der Waals surface area contributed by atoms with Crippen LogP contribution in [-0.2, 0) is 0 Å². The molecule has 20 heavy (non-hydrogen) atoms. The first-order chi connectivity index (χ1) is 9.51. The van der Waals surface area contributed by atoms with E-state index in [2.05, 4.69) is 15.5 Å². The first-order valence-corrected chi connectivity index (χ1v) is 7.15. The lowest BCUT2D eigenvalue weighted by atomic mass is 10.0. The Morgan fingerprint density at radius 2 is 2.20 bits per heavy atom. The fourth-order valence-electron chi connectivity index (χ4n) is 1.83. The molecule has 1 aromatic heterocycles. The lowest BCUT2D eigenvalue weighted by Gasteiger charge is -2.17. The summed E-state index contributed by atoms with van der Waals surface area (Å²) in [6.07, 6.45) is 0. The van der Waals surface area contributed by atoms with E-state index in [0.717, 1.165) is 28.2 Å². The Labute approximate surface area is 125 Å². The maximum Gasteiger partial charge on any atom is 0.282 e. The minimum absolute atomic E-state index is 0.208. The molecular weight excluding hydrogens is 298 g/mol. The number of nitrogens with zero attached hydrogens (tertiary/aromatic N) is 2. The lowest BCUT2D eigenvalue weighted by Crippen LogP contribution is -2.27. The molecule has 0 fully saturated rings. The highest BCUT2D eigenvalue weighted by atomic mass is 35.5. The molecule has 2 aromatic rings. The zero-order chi connectivity index (χ0) is 14.7. The number of methoxy groups -OCH3 is 1. The summed E-state index contributed by atoms with van der Waals surface area (Å²) in [7, 11) is 1.60. The average molecular weight is 312 g/mol. The summed E-state index contributed by atoms with van der Waals surface area (Å²) in [5.41, 5.74) is 2.01. The third-order valence-electron chi connectivity index (χ3n) is 2.79. The molecule has 5 nitrogen and oxygen atoms in total. The minimum Gasteiger partial charge on any atom is -0.496 e. The molecule has 1 N–H and O–H groups in total. The van der Waals surface area contributed by atoms with E-state index in [9.17, 15) is 4.79 Å². The number of benzene rings is 1. The predicted molar refractivity (Wildman–Crippen MR) is 78.5 cm³/mol. The molecule has 0 bridgehead atoms. The predicted octanol–water partition coefficient (Wildman–Crippen LogP) is 3.00. The number of aryl methyl sites for hydroxylation is 1. The Kier molecular flexibility index (Phi) is 4.57. The summed E-state index contributed by atoms with van der Waals surface area (Å²) in [5, 5.41) is 10.4. The zero-order valence-corrected chi connectivity index (χ0v) is 12.9. The van der Waals surface area contributed by atoms with Crippen molar-refractivity contribution in [3.05, 3.63) is 38.8 Å². The molecule has 1 heterocycles. The van der Waals surface area contributed by atoms with Crippen LogP contribution in [0.15, 0.2) is 18.2 Å². The SMILES string of the molecule is COc1ccc(C)cc1C(C)NC(=O)c1nnc(Cl)s1. The molecule has 0 aliphatic rings. The normalized spacial score (nSPS) is 12.0. The second kappa shape index (κ2) is 6.19. The number of hydrogen-bond donors (Lipinski definition) is 1. The minimum atomic E-state index is -0.301. The number of carbonyl (C=O) groups excluding carboxylic acids is 1. The first-order valence-electron chi connectivity index (χ1n) is 5.95. The van der Waals surface area contributed by atoms with Crippen LogP contribution >= 0.6 is 22.9 Å². The molecule has 1 aromatic carbocycles. The van der Waals surface area contributed by atoms with E-state index in [1.54, 1.807) is 7.11 Å². The van der Waals surface area contributed by atoms with Crippen LogP contribution in [0.3, 0.4) is 0 Å². The van der Waals surface area contributed by atoms with Gasteiger partial charge in [-0.3, -0.25) is 4.79 Å². The van der Waals surface area contributed by atoms with Crippen molar-refractivity contribution >= 4 is 28.8 Å². The third kappa shape index (κ3) is 3.26. The Hall–Kier alpha value is -1.66. The van der Waals surface area contributed by atoms with Crippen LogP contribution in [0, 0.1) is 6.92 Å². The van der Waals surface area contributed by atoms with Crippen molar-refractivity contribution in [3.8, 4) is 5.75 Å². The van der Waals surface area contributed by atoms with Gasteiger partial charge >= 0.3 is 0 Å². The summed E-state index contributed by atoms with van der Waals surface area (Å²) in [4.78, 5) is 12.0. The highest BCUT2D eigenvalue weighted by Gasteiger charge is 2.18. The number of amides is 1. The van der Waals surface area contributed by atoms with Gasteiger partial charge in [0.1, 0.15) is 5.75 Å². The summed E-state index contributed by atoms with van der Waals surface area (Å²) in [6.45, 7) is 3.87. The van der Waals surface area contributed by atoms with Crippen molar-refractivity contribution < 1.29 is 9.53 Å². The first kappa shape index (κ1) is 14.7. The molecule has 0 saturated heterocycles. The molecule has 0 aliphatic carbocycles. The van der Waals surface area contributed by atoms with Crippen LogP contribution in [0.25, 0.3) is 0 Å². The second-order valence-electron chi connectivity index (χ2n) is 4.30. The van der Waals surface area contributed by atoms with E-state index >= 15 is 0 Å². The van der Waals surface area contributed by atoms with Gasteiger partial charge in [0.25, 0.3) is 5.91 Å². The molecule has 2 rings (SSSR count). The fourth-order valence-corrected chi connectivity index (χ4v) is 2.56. The molecule has 0 aliphatic heterocycles. The molecular formula is C13H14ClN3O2S. The number of rotatable bonds is 4. The number of halogens is 1. The van der Waals surface area contributed by atoms with Crippen molar-refractivity contribution in [2.24, 2.45) is 0 Å². The Bertz CT molecular complexity index is 630. The zero-order valence-electron chi connectivity index (χ0n) is 11.3. The van der Waals surface area contributed by atoms with Gasteiger partial charge in [0, 0.05) is 5.56 Å². The van der Waals surface area contributed by atoms with Gasteiger partial charge in [-0.2, -0.15) is 0 Å². The van der Waals surface area contributed by atoms with Crippen LogP contribution in [0.4, 0.5) is 0 Å². The summed E-state index contributed by atoms with van der Waals surface area (Å²) in [6, 6.07) is 5.62. The highest BCUT2D eigenvalue weighted by molar-refractivity contribution is 7.17. The quantitative estimate of drug-likeness (QED) is 0.942. The molecule has 1 unspecified atom stereocenters. The van der Waals surface area contributed by atoms with E-state index in [0.29, 0.717) is 0 Å². The average Bonchev–Trinajstić information content (AvgIpc) is 2.85. The van der Waals surface area contributed by atoms with Crippen molar-refractivity contribution in [1.82, 2.24) is 15.5 Å². The molecule has 1 amide bonds. The number of hydrogen-bond acceptors (Lipinski definition) is 5. The van der Waals surface area contributed by atoms with Gasteiger partial charge in [0.15, 0.2) is 0 Å². The molecule has 0 spiro atoms. The number of aromatic nitrogens is 2. The van der Waals surface area contributed by atoms with Crippen molar-refractivity contribution in [3.63, 3.8) is 0 Å². The fraction of sp³-hybridized carbons (Fsp3) is 0.308. The molecule has 106 valence electrons. The highest BCUT2D eigenvalue weighted by Crippen LogP contribution is 2.26. The van der Waals surface area contributed by atoms with Gasteiger partial charge in [-0.15, -0.1) is 10.2 Å². The van der Waals surface area contributed by atoms with Gasteiger partial charge < -0.3 is 10.1 Å². The third-order valence-corrected chi connectivity index (χ3v) is 3.81. The summed E-state index contributed by atoms with van der Waals surface area (Å²) >= 11 is 6.72. The monoisotopic (exact) mass is 311 g/mol. The smallest absolute Gasteiger partial charge is 0.282 e. The van der Waals surface area contributed by atoms with Gasteiger partial charge in [-0.1, -0.05) is 29.0 Å². The van der Waals surface area contributed by atoms with E-state index in [1.807, 2.05) is 32.0 Å². The van der Waals surface area contributed by atoms with Crippen molar-refractivity contribution in [2.75, 3.05) is 7.11 Å². The van der Waals surface area contributed by atoms with Crippen molar-refractivity contribution in [2.45, 2.75) is 19.9 Å². The Morgan fingerprint density at radius 3 is 2.80 bits per heavy atom. The lowest BCUT2D eigenvalue weighted by molar-refractivity contribution is 0.0938. The standard InChI is InChI=1S/C13H14ClN3O2S/c1-7-4-5-10(19-3)9(6-7)8(2)15-11(18)12-16-17-13(14)20-12/h4-6,8H,1-3H3,(H,15,18). The van der Waals surface area contributed by atoms with Crippen LogP contribution in [0.2, 0.25) is 4.47 Å². The van der Waals surface area contributed by atoms with E-state index in [-0.39, 0.29) is 21.4 Å². The van der Waals surface area contributed by atoms with Gasteiger partial charge in [0.05, 0.1) is 13.2 Å². The van der Waals surface area contributed by atoms with Gasteiger partial charge in [-0.05, 0) is 31.5 Å². The topological polar surface area (TPSA) is 64.1 Å². The summed E-state index contributed by atoms with van der Waals surface area (Å²) < 4.78 is 5.56. The van der Waals surface area contributed by atoms with Crippen LogP contribution in [0.5, 0.6) is 5.75 Å². The van der Waals surface area contributed by atoms with Crippen LogP contribution in [0.1, 0.15) is 33.9 Å². The molecule has 7 heteroatoms. The summed E-state index contributed by atoms with van der Waals surface area (Å²) in [5.74, 6) is 0.434. The van der Waals surface area contributed by atoms with Crippen LogP contribution in [-0.4, -0.2) is 23.2 Å². The van der Waals surface area contributed by atoms with Gasteiger partial charge in [0.2, 0.25) is 9.47 Å². The molecule has 0 radical (unpaired) electrons. The van der Waals surface area contributed by atoms with Gasteiger partial charge in [-0.25, -0.2) is 0 Å². The Balaban J connectivity index is 2.17. The van der Waals surface area contributed by atoms with E-state index < -0.39 is 0 Å². The maximum atomic E-state index is 12.0. The largest absolute Gasteiger partial charge is 0.496 e. The number of nitrogens with one attached hydrogen (secondary N) is 1.